The Morgan fingerprint density at radius 2 is 1.89 bits per heavy atom. The number of amides is 3. The van der Waals surface area contributed by atoms with Crippen molar-refractivity contribution < 1.29 is 18.9 Å². The highest BCUT2D eigenvalue weighted by Gasteiger charge is 2.43. The maximum atomic E-state index is 13.7. The number of likely N-dealkylation sites (tertiary alicyclic amines) is 1. The van der Waals surface area contributed by atoms with Crippen LogP contribution in [0.15, 0.2) is 65.3 Å². The number of nitrogens with one attached hydrogen (secondary N) is 1. The molecule has 8 nitrogen and oxygen atoms in total. The van der Waals surface area contributed by atoms with Crippen LogP contribution < -0.4 is 5.32 Å². The van der Waals surface area contributed by atoms with Crippen molar-refractivity contribution in [2.75, 3.05) is 6.54 Å². The van der Waals surface area contributed by atoms with E-state index in [1.54, 1.807) is 22.1 Å². The lowest BCUT2D eigenvalue weighted by Gasteiger charge is -2.35. The van der Waals surface area contributed by atoms with Gasteiger partial charge in [0.2, 0.25) is 11.8 Å². The molecule has 2 aliphatic rings. The first kappa shape index (κ1) is 23.8. The molecule has 0 aliphatic carbocycles. The molecular weight excluding hydrogens is 456 g/mol. The summed E-state index contributed by atoms with van der Waals surface area (Å²) in [7, 11) is 0. The zero-order valence-electron chi connectivity index (χ0n) is 20.5. The predicted octanol–water partition coefficient (Wildman–Crippen LogP) is 3.63. The fourth-order valence-electron chi connectivity index (χ4n) is 5.21. The minimum absolute atomic E-state index is 0.0806. The number of hydrogen-bond acceptors (Lipinski definition) is 5. The van der Waals surface area contributed by atoms with E-state index in [4.69, 9.17) is 4.52 Å². The summed E-state index contributed by atoms with van der Waals surface area (Å²) in [5, 5.41) is 6.71. The van der Waals surface area contributed by atoms with Gasteiger partial charge < -0.3 is 19.6 Å². The molecule has 186 valence electrons. The number of nitrogens with zero attached hydrogens (tertiary/aromatic N) is 3. The quantitative estimate of drug-likeness (QED) is 0.550. The molecule has 3 heterocycles. The van der Waals surface area contributed by atoms with Gasteiger partial charge in [0.05, 0.1) is 6.20 Å². The van der Waals surface area contributed by atoms with Gasteiger partial charge in [0, 0.05) is 36.8 Å². The summed E-state index contributed by atoms with van der Waals surface area (Å²) in [5.74, 6) is 0.165. The first-order valence-corrected chi connectivity index (χ1v) is 12.4. The van der Waals surface area contributed by atoms with Crippen LogP contribution in [0.4, 0.5) is 0 Å². The van der Waals surface area contributed by atoms with Crippen LogP contribution in [-0.4, -0.2) is 51.3 Å². The molecule has 8 heteroatoms. The van der Waals surface area contributed by atoms with E-state index >= 15 is 0 Å². The average molecular weight is 487 g/mol. The Balaban J connectivity index is 1.25. The molecule has 2 aliphatic heterocycles. The van der Waals surface area contributed by atoms with Gasteiger partial charge in [0.1, 0.15) is 12.1 Å². The van der Waals surface area contributed by atoms with Crippen molar-refractivity contribution >= 4 is 17.7 Å². The van der Waals surface area contributed by atoms with Crippen LogP contribution >= 0.6 is 0 Å². The van der Waals surface area contributed by atoms with E-state index in [-0.39, 0.29) is 23.6 Å². The molecule has 3 amide bonds. The lowest BCUT2D eigenvalue weighted by molar-refractivity contribution is -0.143. The van der Waals surface area contributed by atoms with E-state index < -0.39 is 12.1 Å². The lowest BCUT2D eigenvalue weighted by atomic mass is 10.0. The summed E-state index contributed by atoms with van der Waals surface area (Å²) in [5.41, 5.74) is 3.45. The van der Waals surface area contributed by atoms with Gasteiger partial charge in [0.15, 0.2) is 5.76 Å². The van der Waals surface area contributed by atoms with Gasteiger partial charge in [-0.15, -0.1) is 0 Å². The highest BCUT2D eigenvalue weighted by atomic mass is 16.5. The van der Waals surface area contributed by atoms with Crippen molar-refractivity contribution in [3.63, 3.8) is 0 Å². The highest BCUT2D eigenvalue weighted by Crippen LogP contribution is 2.30. The van der Waals surface area contributed by atoms with E-state index in [0.717, 1.165) is 23.1 Å². The zero-order chi connectivity index (χ0) is 25.2. The Morgan fingerprint density at radius 3 is 2.58 bits per heavy atom. The van der Waals surface area contributed by atoms with Crippen LogP contribution in [0.5, 0.6) is 0 Å². The molecule has 0 spiro atoms. The fraction of sp³-hybridized carbons (Fsp3) is 0.357. The van der Waals surface area contributed by atoms with Crippen LogP contribution in [0.2, 0.25) is 0 Å². The SMILES string of the molecule is CC(C)C(C(=O)N1CCC[C@H]1C(=O)NCc1ccc(-c2ccno2)cc1)N1Cc2ccccc2C1=O. The van der Waals surface area contributed by atoms with Crippen molar-refractivity contribution in [1.82, 2.24) is 20.3 Å². The minimum atomic E-state index is -0.609. The number of benzene rings is 2. The largest absolute Gasteiger partial charge is 0.356 e. The molecule has 0 bridgehead atoms. The van der Waals surface area contributed by atoms with Gasteiger partial charge in [0.25, 0.3) is 5.91 Å². The molecule has 2 atom stereocenters. The molecule has 3 aromatic rings. The molecule has 1 unspecified atom stereocenters. The van der Waals surface area contributed by atoms with Crippen LogP contribution in [-0.2, 0) is 22.7 Å². The van der Waals surface area contributed by atoms with E-state index in [9.17, 15) is 14.4 Å². The van der Waals surface area contributed by atoms with Crippen LogP contribution in [0.25, 0.3) is 11.3 Å². The molecule has 1 fully saturated rings. The Bertz CT molecular complexity index is 1250. The van der Waals surface area contributed by atoms with Crippen LogP contribution in [0.1, 0.15) is 48.2 Å². The predicted molar refractivity (Wildman–Crippen MR) is 133 cm³/mol. The zero-order valence-corrected chi connectivity index (χ0v) is 20.5. The topological polar surface area (TPSA) is 95.8 Å². The number of carbonyl (C=O) groups excluding carboxylic acids is 3. The third-order valence-electron chi connectivity index (χ3n) is 7.05. The molecule has 5 rings (SSSR count). The summed E-state index contributed by atoms with van der Waals surface area (Å²) in [4.78, 5) is 43.3. The minimum Gasteiger partial charge on any atom is -0.356 e. The van der Waals surface area contributed by atoms with Crippen molar-refractivity contribution in [3.05, 3.63) is 77.5 Å². The van der Waals surface area contributed by atoms with Crippen molar-refractivity contribution in [2.24, 2.45) is 5.92 Å². The smallest absolute Gasteiger partial charge is 0.255 e. The third-order valence-corrected chi connectivity index (χ3v) is 7.05. The molecule has 36 heavy (non-hydrogen) atoms. The Hall–Kier alpha value is -3.94. The summed E-state index contributed by atoms with van der Waals surface area (Å²) in [6.45, 7) is 5.19. The summed E-state index contributed by atoms with van der Waals surface area (Å²) in [6.07, 6.45) is 2.97. The second-order valence-corrected chi connectivity index (χ2v) is 9.76. The molecule has 1 aromatic heterocycles. The molecule has 1 saturated heterocycles. The molecule has 0 saturated carbocycles. The molecular formula is C28H30N4O4. The van der Waals surface area contributed by atoms with Crippen LogP contribution in [0.3, 0.4) is 0 Å². The second-order valence-electron chi connectivity index (χ2n) is 9.76. The Labute approximate surface area is 210 Å². The molecule has 1 N–H and O–H groups in total. The number of aromatic nitrogens is 1. The lowest BCUT2D eigenvalue weighted by Crippen LogP contribution is -2.55. The number of rotatable bonds is 7. The Morgan fingerprint density at radius 1 is 1.11 bits per heavy atom. The van der Waals surface area contributed by atoms with Gasteiger partial charge in [-0.1, -0.05) is 61.5 Å². The van der Waals surface area contributed by atoms with Crippen molar-refractivity contribution in [1.29, 1.82) is 0 Å². The molecule has 2 aromatic carbocycles. The van der Waals surface area contributed by atoms with Crippen molar-refractivity contribution in [3.8, 4) is 11.3 Å². The van der Waals surface area contributed by atoms with E-state index in [1.807, 2.05) is 62.4 Å². The van der Waals surface area contributed by atoms with Gasteiger partial charge in [-0.3, -0.25) is 14.4 Å². The average Bonchev–Trinajstić information content (AvgIpc) is 3.64. The van der Waals surface area contributed by atoms with Gasteiger partial charge in [-0.2, -0.15) is 0 Å². The Kier molecular flexibility index (Phi) is 6.59. The number of hydrogen-bond donors (Lipinski definition) is 1. The normalized spacial score (nSPS) is 18.0. The fourth-order valence-corrected chi connectivity index (χ4v) is 5.21. The highest BCUT2D eigenvalue weighted by molar-refractivity contribution is 6.01. The van der Waals surface area contributed by atoms with E-state index in [1.165, 1.54) is 0 Å². The second kappa shape index (κ2) is 9.97. The number of fused-ring (bicyclic) bond motifs is 1. The maximum Gasteiger partial charge on any atom is 0.255 e. The maximum absolute atomic E-state index is 13.7. The first-order valence-electron chi connectivity index (χ1n) is 12.4. The van der Waals surface area contributed by atoms with Gasteiger partial charge in [-0.25, -0.2) is 0 Å². The summed E-state index contributed by atoms with van der Waals surface area (Å²) < 4.78 is 5.18. The van der Waals surface area contributed by atoms with Crippen molar-refractivity contribution in [2.45, 2.75) is 51.9 Å². The molecule has 0 radical (unpaired) electrons. The van der Waals surface area contributed by atoms with Gasteiger partial charge >= 0.3 is 0 Å². The van der Waals surface area contributed by atoms with E-state index in [0.29, 0.717) is 37.4 Å². The third kappa shape index (κ3) is 4.51. The van der Waals surface area contributed by atoms with E-state index in [2.05, 4.69) is 10.5 Å². The standard InChI is InChI=1S/C28H30N4O4/c1-18(2)25(32-17-21-6-3-4-7-22(21)27(32)34)28(35)31-15-5-8-23(31)26(33)29-16-19-9-11-20(12-10-19)24-13-14-30-36-24/h3-4,6-7,9-14,18,23,25H,5,8,15-17H2,1-2H3,(H,29,33)/t23-,25?/m0/s1. The first-order chi connectivity index (χ1) is 17.4. The van der Waals surface area contributed by atoms with Gasteiger partial charge in [-0.05, 0) is 36.0 Å². The number of carbonyl (C=O) groups is 3. The monoisotopic (exact) mass is 486 g/mol. The summed E-state index contributed by atoms with van der Waals surface area (Å²) in [6, 6.07) is 15.8. The van der Waals surface area contributed by atoms with Crippen LogP contribution in [0, 0.1) is 5.92 Å². The summed E-state index contributed by atoms with van der Waals surface area (Å²) >= 11 is 0.